The van der Waals surface area contributed by atoms with Gasteiger partial charge in [0, 0.05) is 6.04 Å². The largest absolute Gasteiger partial charge is 0.480 e. The second kappa shape index (κ2) is 11.8. The first kappa shape index (κ1) is 17.2. The Labute approximate surface area is 95.4 Å². The highest BCUT2D eigenvalue weighted by Gasteiger charge is 2.11. The van der Waals surface area contributed by atoms with Crippen LogP contribution in [0, 0.1) is 0 Å². The summed E-state index contributed by atoms with van der Waals surface area (Å²) in [6, 6.07) is 0.322. The van der Waals surface area contributed by atoms with Crippen LogP contribution in [0.15, 0.2) is 0 Å². The number of carboxylic acid groups (broad SMARTS) is 1. The van der Waals surface area contributed by atoms with E-state index < -0.39 is 5.97 Å². The Morgan fingerprint density at radius 3 is 2.31 bits per heavy atom. The molecule has 0 aliphatic carbocycles. The standard InChI is InChI=1S/C9H20N2O2.CO2/c1-8(5-3-4-6-10)11(2)7-9(12)13;2-1-3/h8H,3-7,10H2,1-2H3,(H,12,13);. The molecule has 1 atom stereocenters. The van der Waals surface area contributed by atoms with Crippen LogP contribution in [0.5, 0.6) is 0 Å². The van der Waals surface area contributed by atoms with Crippen molar-refractivity contribution in [1.82, 2.24) is 4.90 Å². The zero-order chi connectivity index (χ0) is 13.0. The van der Waals surface area contributed by atoms with Crippen LogP contribution in [-0.2, 0) is 14.4 Å². The quantitative estimate of drug-likeness (QED) is 0.596. The molecule has 16 heavy (non-hydrogen) atoms. The van der Waals surface area contributed by atoms with E-state index in [1.807, 2.05) is 18.9 Å². The average molecular weight is 232 g/mol. The fourth-order valence-electron chi connectivity index (χ4n) is 1.17. The van der Waals surface area contributed by atoms with Gasteiger partial charge in [0.15, 0.2) is 0 Å². The number of nitrogens with two attached hydrogens (primary N) is 1. The first-order valence-corrected chi connectivity index (χ1v) is 5.11. The summed E-state index contributed by atoms with van der Waals surface area (Å²) in [4.78, 5) is 28.5. The molecule has 0 aromatic rings. The molecule has 0 rings (SSSR count). The van der Waals surface area contributed by atoms with Gasteiger partial charge in [0.1, 0.15) is 0 Å². The zero-order valence-corrected chi connectivity index (χ0v) is 9.81. The van der Waals surface area contributed by atoms with Gasteiger partial charge in [-0.2, -0.15) is 9.59 Å². The summed E-state index contributed by atoms with van der Waals surface area (Å²) in [5, 5.41) is 8.54. The van der Waals surface area contributed by atoms with Crippen LogP contribution in [0.4, 0.5) is 0 Å². The SMILES string of the molecule is CC(CCCCN)N(C)CC(=O)O.O=C=O. The van der Waals surface area contributed by atoms with E-state index in [4.69, 9.17) is 20.4 Å². The predicted molar refractivity (Wildman–Crippen MR) is 57.6 cm³/mol. The summed E-state index contributed by atoms with van der Waals surface area (Å²) >= 11 is 0. The molecule has 0 bridgehead atoms. The van der Waals surface area contributed by atoms with Gasteiger partial charge in [-0.3, -0.25) is 9.69 Å². The van der Waals surface area contributed by atoms with Gasteiger partial charge in [-0.05, 0) is 33.4 Å². The minimum absolute atomic E-state index is 0.115. The summed E-state index contributed by atoms with van der Waals surface area (Å²) < 4.78 is 0. The normalized spacial score (nSPS) is 11.2. The smallest absolute Gasteiger partial charge is 0.373 e. The van der Waals surface area contributed by atoms with E-state index in [1.165, 1.54) is 0 Å². The third-order valence-corrected chi connectivity index (χ3v) is 2.21. The highest BCUT2D eigenvalue weighted by molar-refractivity contribution is 5.69. The van der Waals surface area contributed by atoms with Crippen molar-refractivity contribution in [3.63, 3.8) is 0 Å². The number of unbranched alkanes of at least 4 members (excludes halogenated alkanes) is 1. The molecular weight excluding hydrogens is 212 g/mol. The summed E-state index contributed by atoms with van der Waals surface area (Å²) in [5.74, 6) is -0.770. The minimum atomic E-state index is -0.770. The zero-order valence-electron chi connectivity index (χ0n) is 9.81. The Hall–Kier alpha value is -1.23. The molecule has 0 aliphatic heterocycles. The predicted octanol–water partition coefficient (Wildman–Crippen LogP) is -0.0632. The summed E-state index contributed by atoms with van der Waals surface area (Å²) in [6.45, 7) is 2.87. The number of likely N-dealkylation sites (N-methyl/N-ethyl adjacent to an activating group) is 1. The van der Waals surface area contributed by atoms with Crippen molar-refractivity contribution in [2.45, 2.75) is 32.2 Å². The van der Waals surface area contributed by atoms with E-state index in [9.17, 15) is 4.79 Å². The lowest BCUT2D eigenvalue weighted by atomic mass is 10.1. The van der Waals surface area contributed by atoms with Crippen LogP contribution < -0.4 is 5.73 Å². The van der Waals surface area contributed by atoms with Crippen LogP contribution in [-0.4, -0.2) is 48.3 Å². The Kier molecular flexibility index (Phi) is 12.7. The molecule has 0 aliphatic rings. The van der Waals surface area contributed by atoms with E-state index in [0.717, 1.165) is 25.8 Å². The maximum absolute atomic E-state index is 10.4. The summed E-state index contributed by atoms with van der Waals surface area (Å²) in [5.41, 5.74) is 5.36. The number of hydrogen-bond acceptors (Lipinski definition) is 5. The van der Waals surface area contributed by atoms with E-state index in [0.29, 0.717) is 6.04 Å². The van der Waals surface area contributed by atoms with E-state index in [2.05, 4.69) is 0 Å². The number of hydrogen-bond donors (Lipinski definition) is 2. The average Bonchev–Trinajstić information content (AvgIpc) is 2.18. The number of carbonyl (C=O) groups is 1. The molecule has 6 heteroatoms. The monoisotopic (exact) mass is 232 g/mol. The van der Waals surface area contributed by atoms with Crippen LogP contribution in [0.2, 0.25) is 0 Å². The van der Waals surface area contributed by atoms with Crippen molar-refractivity contribution in [2.24, 2.45) is 5.73 Å². The highest BCUT2D eigenvalue weighted by atomic mass is 16.4. The Bertz CT molecular complexity index is 215. The van der Waals surface area contributed by atoms with Gasteiger partial charge in [-0.25, -0.2) is 0 Å². The summed E-state index contributed by atoms with van der Waals surface area (Å²) in [7, 11) is 1.83. The molecule has 0 saturated heterocycles. The van der Waals surface area contributed by atoms with Crippen molar-refractivity contribution in [1.29, 1.82) is 0 Å². The lowest BCUT2D eigenvalue weighted by Gasteiger charge is -2.22. The number of carboxylic acids is 1. The molecule has 6 nitrogen and oxygen atoms in total. The molecule has 1 unspecified atom stereocenters. The van der Waals surface area contributed by atoms with Crippen molar-refractivity contribution in [3.8, 4) is 0 Å². The molecule has 0 radical (unpaired) electrons. The molecule has 0 saturated carbocycles. The third-order valence-electron chi connectivity index (χ3n) is 2.21. The van der Waals surface area contributed by atoms with Gasteiger partial charge in [0.05, 0.1) is 6.54 Å². The molecular formula is C10H20N2O4. The maximum atomic E-state index is 10.4. The van der Waals surface area contributed by atoms with E-state index in [-0.39, 0.29) is 12.7 Å². The van der Waals surface area contributed by atoms with Gasteiger partial charge >= 0.3 is 12.1 Å². The van der Waals surface area contributed by atoms with Gasteiger partial charge in [0.2, 0.25) is 0 Å². The van der Waals surface area contributed by atoms with Crippen molar-refractivity contribution >= 4 is 12.1 Å². The molecule has 0 heterocycles. The first-order valence-electron chi connectivity index (χ1n) is 5.11. The van der Waals surface area contributed by atoms with Crippen LogP contribution >= 0.6 is 0 Å². The van der Waals surface area contributed by atoms with E-state index in [1.54, 1.807) is 0 Å². The topological polar surface area (TPSA) is 101 Å². The Morgan fingerprint density at radius 2 is 1.94 bits per heavy atom. The molecule has 3 N–H and O–H groups in total. The first-order chi connectivity index (χ1) is 7.49. The van der Waals surface area contributed by atoms with Gasteiger partial charge < -0.3 is 10.8 Å². The fourth-order valence-corrected chi connectivity index (χ4v) is 1.17. The molecule has 0 fully saturated rings. The van der Waals surface area contributed by atoms with Crippen LogP contribution in [0.1, 0.15) is 26.2 Å². The molecule has 0 amide bonds. The number of nitrogens with zero attached hydrogens (tertiary/aromatic N) is 1. The van der Waals surface area contributed by atoms with Crippen molar-refractivity contribution in [2.75, 3.05) is 20.1 Å². The fraction of sp³-hybridized carbons (Fsp3) is 0.800. The minimum Gasteiger partial charge on any atom is -0.480 e. The van der Waals surface area contributed by atoms with Crippen LogP contribution in [0.3, 0.4) is 0 Å². The Balaban J connectivity index is 0. The number of aliphatic carboxylic acids is 1. The molecule has 0 aromatic heterocycles. The lowest BCUT2D eigenvalue weighted by Crippen LogP contribution is -2.33. The van der Waals surface area contributed by atoms with Gasteiger partial charge in [-0.15, -0.1) is 0 Å². The lowest BCUT2D eigenvalue weighted by molar-refractivity contribution is -0.191. The molecule has 0 spiro atoms. The summed E-state index contributed by atoms with van der Waals surface area (Å²) in [6.07, 6.45) is 3.36. The molecule has 94 valence electrons. The molecule has 0 aromatic carbocycles. The number of carbonyl (C=O) groups excluding carboxylic acids is 2. The van der Waals surface area contributed by atoms with E-state index >= 15 is 0 Å². The second-order valence-corrected chi connectivity index (χ2v) is 3.53. The van der Waals surface area contributed by atoms with Crippen molar-refractivity contribution in [3.05, 3.63) is 0 Å². The second-order valence-electron chi connectivity index (χ2n) is 3.53. The third kappa shape index (κ3) is 12.8. The highest BCUT2D eigenvalue weighted by Crippen LogP contribution is 2.05. The van der Waals surface area contributed by atoms with Crippen LogP contribution in [0.25, 0.3) is 0 Å². The maximum Gasteiger partial charge on any atom is 0.373 e. The van der Waals surface area contributed by atoms with Crippen molar-refractivity contribution < 1.29 is 19.5 Å². The van der Waals surface area contributed by atoms with Gasteiger partial charge in [-0.1, -0.05) is 6.42 Å². The number of rotatable bonds is 7. The van der Waals surface area contributed by atoms with Gasteiger partial charge in [0.25, 0.3) is 0 Å². The Morgan fingerprint density at radius 1 is 1.44 bits per heavy atom.